The molecule has 0 aliphatic rings. The molecular weight excluding hydrogens is 736 g/mol. The second kappa shape index (κ2) is 10.1. The van der Waals surface area contributed by atoms with Crippen LogP contribution in [0.5, 0.6) is 0 Å². The average molecular weight is 736 g/mol. The molecule has 0 saturated heterocycles. The first kappa shape index (κ1) is 40.3. The van der Waals surface area contributed by atoms with Crippen LogP contribution in [-0.2, 0) is 5.92 Å². The van der Waals surface area contributed by atoms with Crippen molar-refractivity contribution in [2.24, 2.45) is 0 Å². The van der Waals surface area contributed by atoms with Crippen LogP contribution in [0.25, 0.3) is 0 Å². The maximum atomic E-state index is 14.0. The highest BCUT2D eigenvalue weighted by Gasteiger charge is 2.99. The fourth-order valence-corrected chi connectivity index (χ4v) is 2.79. The standard InChI is InChI=1S/C17F28/c18-2-1(3(19)5(21)6(22)4(2)20)7(23,24)8(25,26)9(27,28)10(29,30)11(31,32)12(33,34)13(35,36)14(37,38)15(39,40)16(41,42)17(43,44)45. The Bertz CT molecular complexity index is 1270. The molecule has 0 spiro atoms. The highest BCUT2D eigenvalue weighted by Crippen LogP contribution is 2.67. The Labute approximate surface area is 224 Å². The average Bonchev–Trinajstić information content (AvgIpc) is 2.84. The number of rotatable bonds is 10. The first-order chi connectivity index (χ1) is 19.2. The lowest BCUT2D eigenvalue weighted by Gasteiger charge is -2.45. The summed E-state index contributed by atoms with van der Waals surface area (Å²) in [5.74, 6) is -113. The predicted molar refractivity (Wildman–Crippen MR) is 80.7 cm³/mol. The lowest BCUT2D eigenvalue weighted by molar-refractivity contribution is -0.479. The fourth-order valence-electron chi connectivity index (χ4n) is 2.79. The number of hydrogen-bond acceptors (Lipinski definition) is 0. The van der Waals surface area contributed by atoms with Crippen LogP contribution in [0.15, 0.2) is 0 Å². The third-order valence-corrected chi connectivity index (χ3v) is 5.43. The fraction of sp³-hybridized carbons (Fsp3) is 0.647. The SMILES string of the molecule is Fc1c(F)c(F)c(C(F)(F)C(F)(F)C(F)(F)C(F)(F)C(F)(F)C(F)(F)C(F)(F)C(F)(F)C(F)(F)C(F)(F)C(F)(F)F)c(F)c1F. The molecule has 0 saturated carbocycles. The van der Waals surface area contributed by atoms with Crippen LogP contribution in [0.3, 0.4) is 0 Å². The summed E-state index contributed by atoms with van der Waals surface area (Å²) >= 11 is 0. The first-order valence-corrected chi connectivity index (χ1v) is 9.54. The first-order valence-electron chi connectivity index (χ1n) is 9.54. The van der Waals surface area contributed by atoms with Crippen molar-refractivity contribution in [2.75, 3.05) is 0 Å². The van der Waals surface area contributed by atoms with Gasteiger partial charge in [0, 0.05) is 0 Å². The van der Waals surface area contributed by atoms with Gasteiger partial charge in [-0.1, -0.05) is 0 Å². The monoisotopic (exact) mass is 736 g/mol. The van der Waals surface area contributed by atoms with Crippen molar-refractivity contribution < 1.29 is 123 Å². The van der Waals surface area contributed by atoms with E-state index in [0.29, 0.717) is 0 Å². The highest BCUT2D eigenvalue weighted by atomic mass is 19.4. The Morgan fingerprint density at radius 3 is 0.622 bits per heavy atom. The van der Waals surface area contributed by atoms with Gasteiger partial charge in [0.1, 0.15) is 5.56 Å². The van der Waals surface area contributed by atoms with Crippen LogP contribution in [0.4, 0.5) is 123 Å². The van der Waals surface area contributed by atoms with Crippen molar-refractivity contribution in [2.45, 2.75) is 65.4 Å². The van der Waals surface area contributed by atoms with Crippen LogP contribution in [0.2, 0.25) is 0 Å². The third-order valence-electron chi connectivity index (χ3n) is 5.43. The Morgan fingerprint density at radius 2 is 0.400 bits per heavy atom. The van der Waals surface area contributed by atoms with Gasteiger partial charge < -0.3 is 0 Å². The van der Waals surface area contributed by atoms with Crippen molar-refractivity contribution in [1.29, 1.82) is 0 Å². The molecule has 0 amide bonds. The molecule has 0 N–H and O–H groups in total. The van der Waals surface area contributed by atoms with Crippen LogP contribution in [0, 0.1) is 29.1 Å². The summed E-state index contributed by atoms with van der Waals surface area (Å²) in [6, 6.07) is 0. The van der Waals surface area contributed by atoms with E-state index in [9.17, 15) is 123 Å². The topological polar surface area (TPSA) is 0 Å². The van der Waals surface area contributed by atoms with E-state index < -0.39 is 100 Å². The van der Waals surface area contributed by atoms with Crippen molar-refractivity contribution in [3.05, 3.63) is 34.6 Å². The van der Waals surface area contributed by atoms with Gasteiger partial charge in [-0.25, -0.2) is 22.0 Å². The zero-order valence-corrected chi connectivity index (χ0v) is 19.1. The molecule has 0 radical (unpaired) electrons. The zero-order valence-electron chi connectivity index (χ0n) is 19.1. The summed E-state index contributed by atoms with van der Waals surface area (Å²) < 4.78 is 373. The maximum Gasteiger partial charge on any atom is 0.460 e. The van der Waals surface area contributed by atoms with Gasteiger partial charge in [0.2, 0.25) is 5.82 Å². The van der Waals surface area contributed by atoms with Crippen molar-refractivity contribution in [3.8, 4) is 0 Å². The van der Waals surface area contributed by atoms with Gasteiger partial charge in [0.25, 0.3) is 0 Å². The molecule has 0 bridgehead atoms. The van der Waals surface area contributed by atoms with Crippen molar-refractivity contribution in [1.82, 2.24) is 0 Å². The van der Waals surface area contributed by atoms with Crippen LogP contribution < -0.4 is 0 Å². The van der Waals surface area contributed by atoms with Crippen molar-refractivity contribution >= 4 is 0 Å². The molecule has 0 aliphatic carbocycles. The zero-order chi connectivity index (χ0) is 37.0. The van der Waals surface area contributed by atoms with Gasteiger partial charge in [-0.3, -0.25) is 0 Å². The van der Waals surface area contributed by atoms with Gasteiger partial charge >= 0.3 is 65.4 Å². The molecule has 0 aromatic heterocycles. The van der Waals surface area contributed by atoms with Gasteiger partial charge in [0.05, 0.1) is 0 Å². The molecule has 0 unspecified atom stereocenters. The smallest absolute Gasteiger partial charge is 0.203 e. The van der Waals surface area contributed by atoms with E-state index >= 15 is 0 Å². The molecule has 1 aromatic rings. The lowest BCUT2D eigenvalue weighted by atomic mass is 9.84. The van der Waals surface area contributed by atoms with Crippen LogP contribution in [0.1, 0.15) is 5.56 Å². The summed E-state index contributed by atoms with van der Waals surface area (Å²) in [5.41, 5.74) is -4.65. The Hall–Kier alpha value is -2.74. The normalized spacial score (nSPS) is 16.0. The molecule has 45 heavy (non-hydrogen) atoms. The number of benzene rings is 1. The minimum Gasteiger partial charge on any atom is -0.203 e. The quantitative estimate of drug-likeness (QED) is 0.128. The molecule has 0 atom stereocenters. The number of alkyl halides is 23. The minimum atomic E-state index is -9.73. The predicted octanol–water partition coefficient (Wildman–Crippen LogP) is 9.75. The van der Waals surface area contributed by atoms with E-state index in [1.807, 2.05) is 0 Å². The molecule has 0 nitrogen and oxygen atoms in total. The molecule has 1 aromatic carbocycles. The van der Waals surface area contributed by atoms with E-state index in [1.54, 1.807) is 0 Å². The summed E-state index contributed by atoms with van der Waals surface area (Å²) in [5, 5.41) is 0. The summed E-state index contributed by atoms with van der Waals surface area (Å²) in [6.45, 7) is 0. The molecular formula is C17F28. The lowest BCUT2D eigenvalue weighted by Crippen LogP contribution is -2.77. The summed E-state index contributed by atoms with van der Waals surface area (Å²) in [6.07, 6.45) is -8.23. The Kier molecular flexibility index (Phi) is 9.07. The minimum absolute atomic E-state index is 3.60. The van der Waals surface area contributed by atoms with E-state index in [0.717, 1.165) is 0 Å². The number of hydrogen-bond donors (Lipinski definition) is 0. The highest BCUT2D eigenvalue weighted by molar-refractivity contribution is 5.32. The van der Waals surface area contributed by atoms with E-state index in [-0.39, 0.29) is 0 Å². The summed E-state index contributed by atoms with van der Waals surface area (Å²) in [7, 11) is 0. The number of halogens is 28. The molecule has 0 heterocycles. The van der Waals surface area contributed by atoms with Gasteiger partial charge in [0.15, 0.2) is 23.3 Å². The Balaban J connectivity index is 4.04. The van der Waals surface area contributed by atoms with Gasteiger partial charge in [-0.05, 0) is 0 Å². The molecule has 0 aliphatic heterocycles. The molecule has 1 rings (SSSR count). The van der Waals surface area contributed by atoms with E-state index in [4.69, 9.17) is 0 Å². The van der Waals surface area contributed by atoms with Crippen LogP contribution >= 0.6 is 0 Å². The van der Waals surface area contributed by atoms with Gasteiger partial charge in [-0.2, -0.15) is 101 Å². The maximum absolute atomic E-state index is 14.0. The Morgan fingerprint density at radius 1 is 0.222 bits per heavy atom. The van der Waals surface area contributed by atoms with Gasteiger partial charge in [-0.15, -0.1) is 0 Å². The summed E-state index contributed by atoms with van der Waals surface area (Å²) in [4.78, 5) is 0. The largest absolute Gasteiger partial charge is 0.460 e. The van der Waals surface area contributed by atoms with E-state index in [1.165, 1.54) is 0 Å². The van der Waals surface area contributed by atoms with Crippen molar-refractivity contribution in [3.63, 3.8) is 0 Å². The molecule has 0 fully saturated rings. The van der Waals surface area contributed by atoms with Crippen LogP contribution in [-0.4, -0.2) is 59.5 Å². The molecule has 28 heteroatoms. The van der Waals surface area contributed by atoms with E-state index in [2.05, 4.69) is 0 Å². The second-order valence-corrected chi connectivity index (χ2v) is 8.19. The third kappa shape index (κ3) is 4.63. The molecule has 264 valence electrons. The second-order valence-electron chi connectivity index (χ2n) is 8.19.